The summed E-state index contributed by atoms with van der Waals surface area (Å²) in [5, 5.41) is 0.136. The molecule has 3 heteroatoms. The van der Waals surface area contributed by atoms with Crippen molar-refractivity contribution in [3.05, 3.63) is 30.3 Å². The monoisotopic (exact) mass is 196 g/mol. The highest BCUT2D eigenvalue weighted by molar-refractivity contribution is 8.13. The Morgan fingerprint density at radius 3 is 2.69 bits per heavy atom. The Bertz CT molecular complexity index is 259. The van der Waals surface area contributed by atoms with Crippen molar-refractivity contribution in [2.75, 3.05) is 12.4 Å². The van der Waals surface area contributed by atoms with E-state index in [9.17, 15) is 4.79 Å². The molecular formula is C10H12O2S. The maximum atomic E-state index is 10.6. The molecular weight excluding hydrogens is 184 g/mol. The molecule has 0 aromatic heterocycles. The minimum atomic E-state index is 0.136. The number of para-hydroxylation sites is 1. The van der Waals surface area contributed by atoms with Crippen molar-refractivity contribution >= 4 is 16.9 Å². The lowest BCUT2D eigenvalue weighted by atomic mass is 10.3. The summed E-state index contributed by atoms with van der Waals surface area (Å²) in [6.07, 6.45) is 0. The molecule has 0 saturated carbocycles. The first-order valence-electron chi connectivity index (χ1n) is 4.10. The fourth-order valence-corrected chi connectivity index (χ4v) is 1.32. The average Bonchev–Trinajstić information content (AvgIpc) is 2.14. The first-order chi connectivity index (χ1) is 6.29. The topological polar surface area (TPSA) is 26.3 Å². The highest BCUT2D eigenvalue weighted by atomic mass is 32.2. The second-order valence-electron chi connectivity index (χ2n) is 2.50. The molecule has 0 aliphatic carbocycles. The van der Waals surface area contributed by atoms with Gasteiger partial charge >= 0.3 is 0 Å². The fourth-order valence-electron chi connectivity index (χ4n) is 0.862. The molecule has 0 N–H and O–H groups in total. The molecule has 0 heterocycles. The molecule has 0 amide bonds. The quantitative estimate of drug-likeness (QED) is 0.691. The zero-order valence-electron chi connectivity index (χ0n) is 7.53. The molecule has 70 valence electrons. The van der Waals surface area contributed by atoms with E-state index in [-0.39, 0.29) is 5.12 Å². The van der Waals surface area contributed by atoms with Gasteiger partial charge in [-0.3, -0.25) is 4.79 Å². The smallest absolute Gasteiger partial charge is 0.185 e. The predicted molar refractivity (Wildman–Crippen MR) is 55.1 cm³/mol. The molecule has 0 unspecified atom stereocenters. The summed E-state index contributed by atoms with van der Waals surface area (Å²) in [4.78, 5) is 10.6. The van der Waals surface area contributed by atoms with Crippen LogP contribution in [0.2, 0.25) is 0 Å². The van der Waals surface area contributed by atoms with Crippen LogP contribution in [-0.2, 0) is 4.79 Å². The van der Waals surface area contributed by atoms with Crippen molar-refractivity contribution in [1.29, 1.82) is 0 Å². The van der Waals surface area contributed by atoms with Gasteiger partial charge in [0.15, 0.2) is 5.12 Å². The summed E-state index contributed by atoms with van der Waals surface area (Å²) in [6, 6.07) is 9.59. The Morgan fingerprint density at radius 1 is 1.38 bits per heavy atom. The normalized spacial score (nSPS) is 9.62. The Hall–Kier alpha value is -0.960. The van der Waals surface area contributed by atoms with Crippen molar-refractivity contribution in [3.63, 3.8) is 0 Å². The van der Waals surface area contributed by atoms with E-state index in [0.29, 0.717) is 12.4 Å². The van der Waals surface area contributed by atoms with Crippen LogP contribution >= 0.6 is 11.8 Å². The van der Waals surface area contributed by atoms with E-state index in [2.05, 4.69) is 0 Å². The lowest BCUT2D eigenvalue weighted by molar-refractivity contribution is -0.109. The number of carbonyl (C=O) groups is 1. The molecule has 0 bridgehead atoms. The highest BCUT2D eigenvalue weighted by Gasteiger charge is 1.94. The number of carbonyl (C=O) groups excluding carboxylic acids is 1. The number of thioether (sulfide) groups is 1. The lowest BCUT2D eigenvalue weighted by Crippen LogP contribution is -2.01. The van der Waals surface area contributed by atoms with Crippen LogP contribution in [0.25, 0.3) is 0 Å². The van der Waals surface area contributed by atoms with Gasteiger partial charge in [0.25, 0.3) is 0 Å². The molecule has 0 aliphatic rings. The van der Waals surface area contributed by atoms with E-state index in [0.717, 1.165) is 5.75 Å². The van der Waals surface area contributed by atoms with Crippen LogP contribution in [-0.4, -0.2) is 17.5 Å². The zero-order chi connectivity index (χ0) is 9.52. The summed E-state index contributed by atoms with van der Waals surface area (Å²) >= 11 is 1.29. The lowest BCUT2D eigenvalue weighted by Gasteiger charge is -2.03. The number of rotatable bonds is 4. The second-order valence-corrected chi connectivity index (χ2v) is 3.77. The maximum absolute atomic E-state index is 10.6. The fraction of sp³-hybridized carbons (Fsp3) is 0.300. The predicted octanol–water partition coefficient (Wildman–Crippen LogP) is 2.35. The van der Waals surface area contributed by atoms with Crippen molar-refractivity contribution in [2.45, 2.75) is 6.92 Å². The van der Waals surface area contributed by atoms with Crippen LogP contribution in [0.3, 0.4) is 0 Å². The molecule has 13 heavy (non-hydrogen) atoms. The van der Waals surface area contributed by atoms with Crippen LogP contribution in [0.15, 0.2) is 30.3 Å². The van der Waals surface area contributed by atoms with Gasteiger partial charge in [0.05, 0.1) is 6.61 Å². The minimum Gasteiger partial charge on any atom is -0.493 e. The van der Waals surface area contributed by atoms with Crippen molar-refractivity contribution in [1.82, 2.24) is 0 Å². The summed E-state index contributed by atoms with van der Waals surface area (Å²) in [5.74, 6) is 1.57. The van der Waals surface area contributed by atoms with Crippen LogP contribution in [0, 0.1) is 0 Å². The third-order valence-electron chi connectivity index (χ3n) is 1.40. The Balaban J connectivity index is 2.17. The summed E-state index contributed by atoms with van der Waals surface area (Å²) in [6.45, 7) is 2.14. The molecule has 0 spiro atoms. The molecule has 1 aromatic rings. The van der Waals surface area contributed by atoms with Crippen LogP contribution in [0.5, 0.6) is 5.75 Å². The van der Waals surface area contributed by atoms with E-state index in [1.807, 2.05) is 30.3 Å². The van der Waals surface area contributed by atoms with E-state index in [1.165, 1.54) is 11.8 Å². The van der Waals surface area contributed by atoms with Crippen molar-refractivity contribution in [3.8, 4) is 5.75 Å². The van der Waals surface area contributed by atoms with E-state index in [4.69, 9.17) is 4.74 Å². The van der Waals surface area contributed by atoms with Crippen LogP contribution < -0.4 is 4.74 Å². The van der Waals surface area contributed by atoms with Gasteiger partial charge in [-0.1, -0.05) is 30.0 Å². The summed E-state index contributed by atoms with van der Waals surface area (Å²) in [7, 11) is 0. The second kappa shape index (κ2) is 5.65. The van der Waals surface area contributed by atoms with E-state index < -0.39 is 0 Å². The average molecular weight is 196 g/mol. The molecule has 0 atom stereocenters. The first kappa shape index (κ1) is 10.1. The molecule has 0 aliphatic heterocycles. The van der Waals surface area contributed by atoms with Gasteiger partial charge in [0.1, 0.15) is 5.75 Å². The van der Waals surface area contributed by atoms with Crippen molar-refractivity contribution < 1.29 is 9.53 Å². The Morgan fingerprint density at radius 2 is 2.08 bits per heavy atom. The van der Waals surface area contributed by atoms with Crippen molar-refractivity contribution in [2.24, 2.45) is 0 Å². The van der Waals surface area contributed by atoms with Gasteiger partial charge in [-0.2, -0.15) is 0 Å². The molecule has 1 rings (SSSR count). The van der Waals surface area contributed by atoms with Gasteiger partial charge in [-0.25, -0.2) is 0 Å². The standard InChI is InChI=1S/C10H12O2S/c1-9(11)13-8-7-12-10-5-3-2-4-6-10/h2-6H,7-8H2,1H3. The molecule has 0 radical (unpaired) electrons. The molecule has 0 saturated heterocycles. The summed E-state index contributed by atoms with van der Waals surface area (Å²) in [5.41, 5.74) is 0. The maximum Gasteiger partial charge on any atom is 0.185 e. The van der Waals surface area contributed by atoms with E-state index >= 15 is 0 Å². The molecule has 0 fully saturated rings. The highest BCUT2D eigenvalue weighted by Crippen LogP contribution is 2.09. The van der Waals surface area contributed by atoms with E-state index in [1.54, 1.807) is 6.92 Å². The van der Waals surface area contributed by atoms with Crippen LogP contribution in [0.4, 0.5) is 0 Å². The number of hydrogen-bond acceptors (Lipinski definition) is 3. The van der Waals surface area contributed by atoms with Gasteiger partial charge in [-0.05, 0) is 12.1 Å². The largest absolute Gasteiger partial charge is 0.493 e. The van der Waals surface area contributed by atoms with Gasteiger partial charge in [0.2, 0.25) is 0 Å². The third kappa shape index (κ3) is 4.58. The number of hydrogen-bond donors (Lipinski definition) is 0. The first-order valence-corrected chi connectivity index (χ1v) is 5.09. The van der Waals surface area contributed by atoms with Crippen LogP contribution in [0.1, 0.15) is 6.92 Å². The molecule has 2 nitrogen and oxygen atoms in total. The number of ether oxygens (including phenoxy) is 1. The Labute approximate surface area is 82.3 Å². The number of benzene rings is 1. The van der Waals surface area contributed by atoms with Gasteiger partial charge in [0, 0.05) is 12.7 Å². The summed E-state index contributed by atoms with van der Waals surface area (Å²) < 4.78 is 5.38. The van der Waals surface area contributed by atoms with Gasteiger partial charge < -0.3 is 4.74 Å². The SMILES string of the molecule is CC(=O)SCCOc1ccccc1. The third-order valence-corrected chi connectivity index (χ3v) is 2.18. The zero-order valence-corrected chi connectivity index (χ0v) is 8.34. The Kier molecular flexibility index (Phi) is 4.40. The minimum absolute atomic E-state index is 0.136. The van der Waals surface area contributed by atoms with Gasteiger partial charge in [-0.15, -0.1) is 0 Å². The molecule has 1 aromatic carbocycles.